The number of carbonyl (C=O) groups excluding carboxylic acids is 1. The van der Waals surface area contributed by atoms with Crippen molar-refractivity contribution in [2.24, 2.45) is 10.2 Å². The van der Waals surface area contributed by atoms with Crippen LogP contribution in [0.5, 0.6) is 0 Å². The molecule has 0 aliphatic rings. The minimum absolute atomic E-state index is 0.268. The van der Waals surface area contributed by atoms with Crippen molar-refractivity contribution in [2.75, 3.05) is 17.9 Å². The van der Waals surface area contributed by atoms with Gasteiger partial charge < -0.3 is 0 Å². The Balaban J connectivity index is 1.50. The number of benzene rings is 3. The highest BCUT2D eigenvalue weighted by atomic mass is 32.2. The number of anilines is 1. The smallest absolute Gasteiger partial charge is 0.271 e. The van der Waals surface area contributed by atoms with Gasteiger partial charge in [-0.15, -0.1) is 23.5 Å². The minimum atomic E-state index is -0.268. The lowest BCUT2D eigenvalue weighted by Crippen LogP contribution is -2.17. The second-order valence-electron chi connectivity index (χ2n) is 6.19. The molecule has 5 nitrogen and oxygen atoms in total. The SMILES string of the molecule is CSc1ccc(/C=N/NC(=O)c2ccc(N/N=C/c3ccc(SC)cc3)cc2)cc1. The molecular weight excluding hydrogens is 412 g/mol. The lowest BCUT2D eigenvalue weighted by Gasteiger charge is -2.03. The highest BCUT2D eigenvalue weighted by Gasteiger charge is 2.03. The molecule has 0 aliphatic heterocycles. The maximum atomic E-state index is 12.2. The minimum Gasteiger partial charge on any atom is -0.279 e. The highest BCUT2D eigenvalue weighted by molar-refractivity contribution is 7.98. The standard InChI is InChI=1S/C23H22N4OS2/c1-29-21-11-3-17(4-12-21)15-24-26-20-9-7-19(8-10-20)23(28)27-25-16-18-5-13-22(30-2)14-6-18/h3-16,26H,1-2H3,(H,27,28)/b24-15+,25-16+. The molecule has 0 bridgehead atoms. The van der Waals surface area contributed by atoms with Gasteiger partial charge in [-0.1, -0.05) is 24.3 Å². The van der Waals surface area contributed by atoms with Gasteiger partial charge in [-0.25, -0.2) is 5.43 Å². The summed E-state index contributed by atoms with van der Waals surface area (Å²) in [5.41, 5.74) is 8.76. The molecule has 0 saturated heterocycles. The number of hydrogen-bond donors (Lipinski definition) is 2. The molecule has 0 saturated carbocycles. The molecular formula is C23H22N4OS2. The van der Waals surface area contributed by atoms with Crippen LogP contribution in [0.4, 0.5) is 5.69 Å². The molecule has 30 heavy (non-hydrogen) atoms. The number of hydrazone groups is 2. The Kier molecular flexibility index (Phi) is 8.11. The zero-order chi connectivity index (χ0) is 21.2. The summed E-state index contributed by atoms with van der Waals surface area (Å²) in [4.78, 5) is 14.6. The van der Waals surface area contributed by atoms with Gasteiger partial charge in [0.25, 0.3) is 5.91 Å². The Morgan fingerprint density at radius 1 is 0.733 bits per heavy atom. The van der Waals surface area contributed by atoms with E-state index in [4.69, 9.17) is 0 Å². The largest absolute Gasteiger partial charge is 0.279 e. The molecule has 0 spiro atoms. The van der Waals surface area contributed by atoms with Gasteiger partial charge in [0.15, 0.2) is 0 Å². The fourth-order valence-corrected chi connectivity index (χ4v) is 3.30. The maximum absolute atomic E-state index is 12.2. The summed E-state index contributed by atoms with van der Waals surface area (Å²) < 4.78 is 0. The van der Waals surface area contributed by atoms with Crippen molar-refractivity contribution in [3.63, 3.8) is 0 Å². The van der Waals surface area contributed by atoms with Crippen molar-refractivity contribution in [2.45, 2.75) is 9.79 Å². The van der Waals surface area contributed by atoms with E-state index >= 15 is 0 Å². The third-order valence-corrected chi connectivity index (χ3v) is 5.65. The fraction of sp³-hybridized carbons (Fsp3) is 0.0870. The predicted octanol–water partition coefficient (Wildman–Crippen LogP) is 5.34. The van der Waals surface area contributed by atoms with E-state index in [9.17, 15) is 4.79 Å². The summed E-state index contributed by atoms with van der Waals surface area (Å²) >= 11 is 3.39. The number of thioether (sulfide) groups is 2. The topological polar surface area (TPSA) is 65.8 Å². The Hall–Kier alpha value is -3.03. The third-order valence-electron chi connectivity index (χ3n) is 4.17. The molecule has 0 atom stereocenters. The second-order valence-corrected chi connectivity index (χ2v) is 7.95. The number of amides is 1. The molecule has 1 amide bonds. The molecule has 0 fully saturated rings. The summed E-state index contributed by atoms with van der Waals surface area (Å²) in [6.07, 6.45) is 7.45. The molecule has 0 unspecified atom stereocenters. The van der Waals surface area contributed by atoms with E-state index in [-0.39, 0.29) is 5.91 Å². The van der Waals surface area contributed by atoms with Crippen molar-refractivity contribution in [3.05, 3.63) is 89.5 Å². The molecule has 2 N–H and O–H groups in total. The van der Waals surface area contributed by atoms with Gasteiger partial charge >= 0.3 is 0 Å². The first-order chi connectivity index (χ1) is 14.7. The van der Waals surface area contributed by atoms with E-state index in [1.807, 2.05) is 48.9 Å². The first-order valence-corrected chi connectivity index (χ1v) is 11.6. The Labute approximate surface area is 185 Å². The average Bonchev–Trinajstić information content (AvgIpc) is 2.80. The quantitative estimate of drug-likeness (QED) is 0.285. The van der Waals surface area contributed by atoms with Crippen molar-refractivity contribution in [1.29, 1.82) is 0 Å². The van der Waals surface area contributed by atoms with Crippen LogP contribution >= 0.6 is 23.5 Å². The number of hydrogen-bond acceptors (Lipinski definition) is 6. The molecule has 3 aromatic carbocycles. The first kappa shape index (κ1) is 21.7. The lowest BCUT2D eigenvalue weighted by atomic mass is 10.2. The molecule has 3 rings (SSSR count). The molecule has 7 heteroatoms. The van der Waals surface area contributed by atoms with Gasteiger partial charge in [-0.3, -0.25) is 10.2 Å². The predicted molar refractivity (Wildman–Crippen MR) is 129 cm³/mol. The maximum Gasteiger partial charge on any atom is 0.271 e. The van der Waals surface area contributed by atoms with Gasteiger partial charge in [0.05, 0.1) is 18.1 Å². The van der Waals surface area contributed by atoms with Gasteiger partial charge in [-0.05, 0) is 72.2 Å². The van der Waals surface area contributed by atoms with Crippen LogP contribution in [0.15, 0.2) is 92.8 Å². The molecule has 0 aliphatic carbocycles. The van der Waals surface area contributed by atoms with E-state index in [0.717, 1.165) is 16.8 Å². The van der Waals surface area contributed by atoms with Crippen LogP contribution in [0.3, 0.4) is 0 Å². The highest BCUT2D eigenvalue weighted by Crippen LogP contribution is 2.15. The van der Waals surface area contributed by atoms with Crippen LogP contribution < -0.4 is 10.9 Å². The molecule has 3 aromatic rings. The van der Waals surface area contributed by atoms with Gasteiger partial charge in [0.1, 0.15) is 0 Å². The molecule has 0 aromatic heterocycles. The summed E-state index contributed by atoms with van der Waals surface area (Å²) in [5, 5.41) is 8.25. The number of nitrogens with one attached hydrogen (secondary N) is 2. The van der Waals surface area contributed by atoms with E-state index in [0.29, 0.717) is 5.56 Å². The summed E-state index contributed by atoms with van der Waals surface area (Å²) in [7, 11) is 0. The number of rotatable bonds is 8. The second kappa shape index (κ2) is 11.2. The third kappa shape index (κ3) is 6.50. The number of nitrogens with zero attached hydrogens (tertiary/aromatic N) is 2. The van der Waals surface area contributed by atoms with Gasteiger partial charge in [0, 0.05) is 15.4 Å². The summed E-state index contributed by atoms with van der Waals surface area (Å²) in [6, 6.07) is 23.1. The van der Waals surface area contributed by atoms with Crippen molar-refractivity contribution in [1.82, 2.24) is 5.43 Å². The van der Waals surface area contributed by atoms with Crippen LogP contribution in [0.2, 0.25) is 0 Å². The molecule has 0 radical (unpaired) electrons. The average molecular weight is 435 g/mol. The molecule has 152 valence electrons. The van der Waals surface area contributed by atoms with E-state index in [1.165, 1.54) is 9.79 Å². The molecule has 0 heterocycles. The monoisotopic (exact) mass is 434 g/mol. The van der Waals surface area contributed by atoms with Crippen molar-refractivity contribution >= 4 is 47.5 Å². The van der Waals surface area contributed by atoms with E-state index < -0.39 is 0 Å². The van der Waals surface area contributed by atoms with Crippen LogP contribution in [0.1, 0.15) is 21.5 Å². The van der Waals surface area contributed by atoms with Crippen molar-refractivity contribution < 1.29 is 4.79 Å². The zero-order valence-corrected chi connectivity index (χ0v) is 18.3. The number of carbonyl (C=O) groups is 1. The Morgan fingerprint density at radius 3 is 1.73 bits per heavy atom. The van der Waals surface area contributed by atoms with Gasteiger partial charge in [-0.2, -0.15) is 10.2 Å². The zero-order valence-electron chi connectivity index (χ0n) is 16.7. The van der Waals surface area contributed by atoms with Crippen LogP contribution in [0.25, 0.3) is 0 Å². The Bertz CT molecular complexity index is 1010. The van der Waals surface area contributed by atoms with Crippen LogP contribution in [-0.2, 0) is 0 Å². The van der Waals surface area contributed by atoms with E-state index in [1.54, 1.807) is 60.2 Å². The normalized spacial score (nSPS) is 11.1. The Morgan fingerprint density at radius 2 is 1.23 bits per heavy atom. The van der Waals surface area contributed by atoms with Crippen LogP contribution in [0, 0.1) is 0 Å². The summed E-state index contributed by atoms with van der Waals surface area (Å²) in [5.74, 6) is -0.268. The first-order valence-electron chi connectivity index (χ1n) is 9.18. The van der Waals surface area contributed by atoms with E-state index in [2.05, 4.69) is 33.2 Å². The lowest BCUT2D eigenvalue weighted by molar-refractivity contribution is 0.0955. The van der Waals surface area contributed by atoms with Crippen molar-refractivity contribution in [3.8, 4) is 0 Å². The van der Waals surface area contributed by atoms with Gasteiger partial charge in [0.2, 0.25) is 0 Å². The fourth-order valence-electron chi connectivity index (χ4n) is 2.49. The summed E-state index contributed by atoms with van der Waals surface area (Å²) in [6.45, 7) is 0. The van der Waals surface area contributed by atoms with Crippen LogP contribution in [-0.4, -0.2) is 30.8 Å².